The van der Waals surface area contributed by atoms with Gasteiger partial charge in [-0.25, -0.2) is 0 Å². The van der Waals surface area contributed by atoms with E-state index in [-0.39, 0.29) is 0 Å². The minimum atomic E-state index is -1.38. The maximum atomic E-state index is 2.51. The van der Waals surface area contributed by atoms with Gasteiger partial charge in [0.1, 0.15) is 14.4 Å². The summed E-state index contributed by atoms with van der Waals surface area (Å²) in [5.74, 6) is 0. The second-order valence-electron chi connectivity index (χ2n) is 9.17. The molecule has 0 fully saturated rings. The molecule has 0 aliphatic heterocycles. The van der Waals surface area contributed by atoms with Gasteiger partial charge in [0.25, 0.3) is 0 Å². The van der Waals surface area contributed by atoms with Gasteiger partial charge in [0.15, 0.2) is 0 Å². The average Bonchev–Trinajstić information content (AvgIpc) is 2.28. The summed E-state index contributed by atoms with van der Waals surface area (Å²) in [7, 11) is -2.76. The summed E-state index contributed by atoms with van der Waals surface area (Å²) in [6.07, 6.45) is 0. The smallest absolute Gasteiger partial charge is 0.122 e. The second kappa shape index (κ2) is 6.69. The lowest BCUT2D eigenvalue weighted by Crippen LogP contribution is -2.34. The third kappa shape index (κ3) is 4.92. The Balaban J connectivity index is 3.12. The zero-order valence-corrected chi connectivity index (χ0v) is 19.8. The molecule has 0 aliphatic rings. The largest absolute Gasteiger partial charge is 0.150 e. The van der Waals surface area contributed by atoms with Crippen LogP contribution in [-0.4, -0.2) is 14.4 Å². The van der Waals surface area contributed by atoms with Crippen LogP contribution < -0.4 is 0 Å². The van der Waals surface area contributed by atoms with Crippen LogP contribution in [0, 0.1) is 0 Å². The van der Waals surface area contributed by atoms with Gasteiger partial charge in [-0.3, -0.25) is 0 Å². The molecule has 0 radical (unpaired) electrons. The summed E-state index contributed by atoms with van der Waals surface area (Å²) < 4.78 is 0. The molecule has 1 aromatic rings. The minimum absolute atomic E-state index is 0.409. The average molecular weight is 371 g/mol. The maximum absolute atomic E-state index is 2.51. The van der Waals surface area contributed by atoms with Crippen molar-refractivity contribution in [3.05, 3.63) is 24.3 Å². The molecule has 126 valence electrons. The summed E-state index contributed by atoms with van der Waals surface area (Å²) in [5, 5.41) is 0.818. The van der Waals surface area contributed by atoms with E-state index in [4.69, 9.17) is 0 Å². The van der Waals surface area contributed by atoms with E-state index in [2.05, 4.69) is 114 Å². The number of hydrogen-bond acceptors (Lipinski definition) is 2. The van der Waals surface area contributed by atoms with Crippen molar-refractivity contribution in [2.24, 2.45) is 0 Å². The minimum Gasteiger partial charge on any atom is -0.150 e. The Morgan fingerprint density at radius 2 is 0.909 bits per heavy atom. The Morgan fingerprint density at radius 3 is 1.14 bits per heavy atom. The highest BCUT2D eigenvalue weighted by Crippen LogP contribution is 2.52. The van der Waals surface area contributed by atoms with Crippen molar-refractivity contribution in [2.45, 2.75) is 87.6 Å². The van der Waals surface area contributed by atoms with Gasteiger partial charge < -0.3 is 0 Å². The quantitative estimate of drug-likeness (QED) is 0.494. The van der Waals surface area contributed by atoms with Crippen molar-refractivity contribution < 1.29 is 0 Å². The number of rotatable bonds is 4. The van der Waals surface area contributed by atoms with Crippen LogP contribution in [-0.2, 0) is 0 Å². The first-order valence-corrected chi connectivity index (χ1v) is 17.2. The van der Waals surface area contributed by atoms with Crippen molar-refractivity contribution in [1.29, 1.82) is 0 Å². The summed E-state index contributed by atoms with van der Waals surface area (Å²) in [4.78, 5) is 3.01. The molecule has 0 nitrogen and oxygen atoms in total. The topological polar surface area (TPSA) is 0 Å². The molecule has 4 heteroatoms. The summed E-state index contributed by atoms with van der Waals surface area (Å²) in [6.45, 7) is 24.4. The van der Waals surface area contributed by atoms with Gasteiger partial charge in [-0.05, 0) is 22.2 Å². The molecule has 0 saturated carbocycles. The van der Waals surface area contributed by atoms with Crippen LogP contribution in [0.2, 0.25) is 36.3 Å². The maximum Gasteiger partial charge on any atom is 0.122 e. The van der Waals surface area contributed by atoms with Crippen molar-refractivity contribution >= 4 is 36.9 Å². The summed E-state index contributed by atoms with van der Waals surface area (Å²) in [5.41, 5.74) is 0. The molecule has 0 atom stereocenters. The van der Waals surface area contributed by atoms with E-state index in [0.717, 1.165) is 0 Å². The van der Waals surface area contributed by atoms with Gasteiger partial charge in [-0.1, -0.05) is 79.9 Å². The highest BCUT2D eigenvalue weighted by atomic mass is 32.4. The number of benzene rings is 1. The monoisotopic (exact) mass is 370 g/mol. The predicted octanol–water partition coefficient (Wildman–Crippen LogP) is 7.88. The van der Waals surface area contributed by atoms with Crippen LogP contribution in [0.25, 0.3) is 0 Å². The molecule has 0 spiro atoms. The van der Waals surface area contributed by atoms with E-state index in [0.29, 0.717) is 10.1 Å². The lowest BCUT2D eigenvalue weighted by molar-refractivity contribution is 0.736. The highest BCUT2D eigenvalue weighted by Gasteiger charge is 2.39. The summed E-state index contributed by atoms with van der Waals surface area (Å²) in [6, 6.07) is 9.07. The van der Waals surface area contributed by atoms with Crippen LogP contribution in [0.15, 0.2) is 34.1 Å². The predicted molar refractivity (Wildman–Crippen MR) is 113 cm³/mol. The van der Waals surface area contributed by atoms with Gasteiger partial charge in [0.2, 0.25) is 0 Å². The van der Waals surface area contributed by atoms with E-state index >= 15 is 0 Å². The lowest BCUT2D eigenvalue weighted by Gasteiger charge is -2.38. The molecule has 0 bridgehead atoms. The highest BCUT2D eigenvalue weighted by molar-refractivity contribution is 8.31. The van der Waals surface area contributed by atoms with Gasteiger partial charge in [0, 0.05) is 9.79 Å². The molecule has 1 aromatic carbocycles. The fourth-order valence-electron chi connectivity index (χ4n) is 1.47. The van der Waals surface area contributed by atoms with Crippen LogP contribution in [0.3, 0.4) is 0 Å². The number of hydrogen-bond donors (Lipinski definition) is 0. The van der Waals surface area contributed by atoms with Crippen LogP contribution in [0.1, 0.15) is 41.5 Å². The van der Waals surface area contributed by atoms with Crippen molar-refractivity contribution in [1.82, 2.24) is 0 Å². The fraction of sp³-hybridized carbons (Fsp3) is 0.667. The van der Waals surface area contributed by atoms with E-state index in [1.54, 1.807) is 0 Å². The molecule has 22 heavy (non-hydrogen) atoms. The first-order chi connectivity index (χ1) is 9.67. The molecular formula is C18H34S2Si2. The van der Waals surface area contributed by atoms with Gasteiger partial charge in [-0.15, -0.1) is 22.4 Å². The van der Waals surface area contributed by atoms with Gasteiger partial charge >= 0.3 is 0 Å². The van der Waals surface area contributed by atoms with E-state index in [9.17, 15) is 0 Å². The molecule has 0 aliphatic carbocycles. The zero-order valence-electron chi connectivity index (χ0n) is 16.1. The Kier molecular flexibility index (Phi) is 6.21. The Morgan fingerprint density at radius 1 is 0.636 bits per heavy atom. The second-order valence-corrected chi connectivity index (χ2v) is 26.8. The van der Waals surface area contributed by atoms with Crippen LogP contribution >= 0.6 is 22.4 Å². The van der Waals surface area contributed by atoms with E-state index in [1.165, 1.54) is 9.79 Å². The third-order valence-electron chi connectivity index (χ3n) is 5.19. The molecular weight excluding hydrogens is 337 g/mol. The molecule has 0 aromatic heterocycles. The first kappa shape index (κ1) is 20.4. The molecule has 0 unspecified atom stereocenters. The Hall–Kier alpha value is 0.354. The molecule has 0 saturated heterocycles. The van der Waals surface area contributed by atoms with Crippen molar-refractivity contribution in [2.75, 3.05) is 0 Å². The molecule has 0 N–H and O–H groups in total. The Bertz CT molecular complexity index is 462. The fourth-order valence-corrected chi connectivity index (χ4v) is 10.7. The van der Waals surface area contributed by atoms with Crippen molar-refractivity contribution in [3.63, 3.8) is 0 Å². The standard InChI is InChI=1S/C18H34S2Si2/c1-17(2,3)21(7,8)19-15-13-11-12-14-16(15)20-22(9,10)18(4,5)6/h11-14H,1-10H3. The van der Waals surface area contributed by atoms with Gasteiger partial charge in [-0.2, -0.15) is 0 Å². The van der Waals surface area contributed by atoms with Crippen molar-refractivity contribution in [3.8, 4) is 0 Å². The summed E-state index contributed by atoms with van der Waals surface area (Å²) >= 11 is 4.34. The molecule has 0 heterocycles. The van der Waals surface area contributed by atoms with Crippen LogP contribution in [0.4, 0.5) is 0 Å². The van der Waals surface area contributed by atoms with Gasteiger partial charge in [0.05, 0.1) is 0 Å². The van der Waals surface area contributed by atoms with Crippen LogP contribution in [0.5, 0.6) is 0 Å². The van der Waals surface area contributed by atoms with E-state index in [1.807, 2.05) is 0 Å². The third-order valence-corrected chi connectivity index (χ3v) is 22.8. The molecule has 0 amide bonds. The first-order valence-electron chi connectivity index (χ1n) is 8.14. The SMILES string of the molecule is CC(C)(C)[Si](C)(C)Sc1ccccc1S[Si](C)(C)C(C)(C)C. The Labute approximate surface area is 148 Å². The van der Waals surface area contributed by atoms with E-state index < -0.39 is 14.4 Å². The zero-order chi connectivity index (χ0) is 17.4. The lowest BCUT2D eigenvalue weighted by atomic mass is 10.2. The molecule has 1 rings (SSSR count). The normalized spacial score (nSPS) is 14.3.